The van der Waals surface area contributed by atoms with Crippen molar-refractivity contribution in [2.45, 2.75) is 12.5 Å². The van der Waals surface area contributed by atoms with Gasteiger partial charge < -0.3 is 10.2 Å². The molecule has 0 radical (unpaired) electrons. The highest BCUT2D eigenvalue weighted by molar-refractivity contribution is 6.29. The molecule has 0 unspecified atom stereocenters. The van der Waals surface area contributed by atoms with E-state index in [9.17, 15) is 4.39 Å². The van der Waals surface area contributed by atoms with Crippen molar-refractivity contribution in [1.29, 1.82) is 0 Å². The van der Waals surface area contributed by atoms with Crippen LogP contribution in [-0.4, -0.2) is 30.7 Å². The molecule has 1 aromatic rings. The van der Waals surface area contributed by atoms with Gasteiger partial charge in [0, 0.05) is 31.7 Å². The Morgan fingerprint density at radius 2 is 2.38 bits per heavy atom. The summed E-state index contributed by atoms with van der Waals surface area (Å²) in [6.45, 7) is 3.04. The summed E-state index contributed by atoms with van der Waals surface area (Å²) < 4.78 is 13.3. The normalized spacial score (nSPS) is 28.5. The molecule has 1 N–H and O–H groups in total. The second-order valence-electron chi connectivity index (χ2n) is 4.43. The lowest BCUT2D eigenvalue weighted by Gasteiger charge is -2.25. The summed E-state index contributed by atoms with van der Waals surface area (Å²) in [5, 5.41) is 3.32. The monoisotopic (exact) mass is 241 g/mol. The number of pyridine rings is 1. The van der Waals surface area contributed by atoms with E-state index >= 15 is 0 Å². The maximum Gasteiger partial charge on any atom is 0.164 e. The number of rotatable bonds is 1. The van der Waals surface area contributed by atoms with E-state index in [2.05, 4.69) is 15.2 Å². The number of hydrogen-bond acceptors (Lipinski definition) is 3. The number of aromatic nitrogens is 1. The van der Waals surface area contributed by atoms with Crippen molar-refractivity contribution in [2.75, 3.05) is 24.5 Å². The van der Waals surface area contributed by atoms with Gasteiger partial charge in [0.25, 0.3) is 0 Å². The summed E-state index contributed by atoms with van der Waals surface area (Å²) in [5.74, 6) is 0.257. The molecule has 0 spiro atoms. The Hall–Kier alpha value is -0.870. The fourth-order valence-electron chi connectivity index (χ4n) is 2.74. The molecule has 86 valence electrons. The van der Waals surface area contributed by atoms with E-state index in [1.165, 1.54) is 12.5 Å². The van der Waals surface area contributed by atoms with Crippen LogP contribution >= 0.6 is 11.6 Å². The molecule has 1 aromatic heterocycles. The summed E-state index contributed by atoms with van der Waals surface area (Å²) in [6, 6.07) is 1.97. The minimum absolute atomic E-state index is 0.0518. The molecule has 2 aliphatic heterocycles. The lowest BCUT2D eigenvalue weighted by molar-refractivity contribution is 0.577. The van der Waals surface area contributed by atoms with Gasteiger partial charge in [-0.25, -0.2) is 9.37 Å². The average molecular weight is 242 g/mol. The zero-order valence-electron chi connectivity index (χ0n) is 8.79. The summed E-state index contributed by atoms with van der Waals surface area (Å²) >= 11 is 5.58. The number of nitrogens with zero attached hydrogens (tertiary/aromatic N) is 2. The third-order valence-corrected chi connectivity index (χ3v) is 3.84. The molecule has 16 heavy (non-hydrogen) atoms. The Kier molecular flexibility index (Phi) is 2.48. The van der Waals surface area contributed by atoms with Crippen LogP contribution in [0.5, 0.6) is 0 Å². The maximum atomic E-state index is 13.3. The van der Waals surface area contributed by atoms with Crippen molar-refractivity contribution in [3.05, 3.63) is 23.2 Å². The third kappa shape index (κ3) is 1.57. The molecule has 3 rings (SSSR count). The lowest BCUT2D eigenvalue weighted by Crippen LogP contribution is -2.34. The first-order valence-corrected chi connectivity index (χ1v) is 5.92. The zero-order valence-corrected chi connectivity index (χ0v) is 9.54. The first kappa shape index (κ1) is 10.3. The fraction of sp³-hybridized carbons (Fsp3) is 0.545. The number of hydrogen-bond donors (Lipinski definition) is 1. The van der Waals surface area contributed by atoms with Crippen LogP contribution in [0.25, 0.3) is 0 Å². The molecular formula is C11H13ClFN3. The molecule has 0 saturated carbocycles. The smallest absolute Gasteiger partial charge is 0.164 e. The number of halogens is 2. The van der Waals surface area contributed by atoms with E-state index in [1.807, 2.05) is 0 Å². The molecule has 2 atom stereocenters. The minimum atomic E-state index is -0.437. The maximum absolute atomic E-state index is 13.3. The quantitative estimate of drug-likeness (QED) is 0.759. The highest BCUT2D eigenvalue weighted by Gasteiger charge is 2.37. The predicted molar refractivity (Wildman–Crippen MR) is 61.3 cm³/mol. The van der Waals surface area contributed by atoms with E-state index < -0.39 is 5.82 Å². The molecule has 2 fully saturated rings. The lowest BCUT2D eigenvalue weighted by atomic mass is 10.1. The van der Waals surface area contributed by atoms with Gasteiger partial charge in [0.2, 0.25) is 0 Å². The zero-order chi connectivity index (χ0) is 11.1. The Morgan fingerprint density at radius 1 is 1.50 bits per heavy atom. The Labute approximate surface area is 98.6 Å². The highest BCUT2D eigenvalue weighted by Crippen LogP contribution is 2.32. The average Bonchev–Trinajstić information content (AvgIpc) is 2.83. The largest absolute Gasteiger partial charge is 0.366 e. The molecule has 2 saturated heterocycles. The Bertz CT molecular complexity index is 412. The SMILES string of the molecule is Fc1cc(N2CC[C@H]3CNC[C@H]32)cnc1Cl. The van der Waals surface area contributed by atoms with E-state index in [-0.39, 0.29) is 5.15 Å². The van der Waals surface area contributed by atoms with Crippen LogP contribution in [0, 0.1) is 11.7 Å². The van der Waals surface area contributed by atoms with Crippen LogP contribution in [0.15, 0.2) is 12.3 Å². The molecule has 3 heterocycles. The topological polar surface area (TPSA) is 28.2 Å². The molecular weight excluding hydrogens is 229 g/mol. The molecule has 2 aliphatic rings. The number of nitrogens with one attached hydrogen (secondary N) is 1. The van der Waals surface area contributed by atoms with E-state index in [0.717, 1.165) is 25.3 Å². The molecule has 5 heteroatoms. The standard InChI is InChI=1S/C11H13ClFN3/c12-11-9(13)3-8(5-15-11)16-2-1-7-4-14-6-10(7)16/h3,5,7,10,14H,1-2,4,6H2/t7-,10+/m0/s1. The summed E-state index contributed by atoms with van der Waals surface area (Å²) in [6.07, 6.45) is 2.83. The van der Waals surface area contributed by atoms with Gasteiger partial charge in [-0.05, 0) is 12.3 Å². The van der Waals surface area contributed by atoms with E-state index in [0.29, 0.717) is 12.0 Å². The second-order valence-corrected chi connectivity index (χ2v) is 4.79. The molecule has 0 amide bonds. The van der Waals surface area contributed by atoms with Crippen molar-refractivity contribution < 1.29 is 4.39 Å². The van der Waals surface area contributed by atoms with Gasteiger partial charge in [-0.1, -0.05) is 11.6 Å². The minimum Gasteiger partial charge on any atom is -0.366 e. The van der Waals surface area contributed by atoms with Crippen LogP contribution < -0.4 is 10.2 Å². The van der Waals surface area contributed by atoms with Crippen molar-refractivity contribution in [3.8, 4) is 0 Å². The first-order chi connectivity index (χ1) is 7.75. The van der Waals surface area contributed by atoms with E-state index in [4.69, 9.17) is 11.6 Å². The number of anilines is 1. The molecule has 3 nitrogen and oxygen atoms in total. The summed E-state index contributed by atoms with van der Waals surface area (Å²) in [7, 11) is 0. The van der Waals surface area contributed by atoms with E-state index in [1.54, 1.807) is 6.20 Å². The second kappa shape index (κ2) is 3.86. The van der Waals surface area contributed by atoms with Gasteiger partial charge in [-0.3, -0.25) is 0 Å². The summed E-state index contributed by atoms with van der Waals surface area (Å²) in [5.41, 5.74) is 0.845. The predicted octanol–water partition coefficient (Wildman–Crippen LogP) is 1.67. The van der Waals surface area contributed by atoms with Gasteiger partial charge in [-0.15, -0.1) is 0 Å². The van der Waals surface area contributed by atoms with Crippen LogP contribution in [0.2, 0.25) is 5.15 Å². The van der Waals surface area contributed by atoms with Gasteiger partial charge in [0.15, 0.2) is 11.0 Å². The Balaban J connectivity index is 1.89. The van der Waals surface area contributed by atoms with Crippen LogP contribution in [0.1, 0.15) is 6.42 Å². The van der Waals surface area contributed by atoms with Gasteiger partial charge in [-0.2, -0.15) is 0 Å². The van der Waals surface area contributed by atoms with Gasteiger partial charge in [0.1, 0.15) is 0 Å². The molecule has 0 bridgehead atoms. The van der Waals surface area contributed by atoms with Crippen molar-refractivity contribution in [1.82, 2.24) is 10.3 Å². The Morgan fingerprint density at radius 3 is 3.19 bits per heavy atom. The van der Waals surface area contributed by atoms with Crippen LogP contribution in [0.4, 0.5) is 10.1 Å². The van der Waals surface area contributed by atoms with Crippen molar-refractivity contribution in [2.24, 2.45) is 5.92 Å². The van der Waals surface area contributed by atoms with Gasteiger partial charge >= 0.3 is 0 Å². The van der Waals surface area contributed by atoms with Crippen LogP contribution in [-0.2, 0) is 0 Å². The summed E-state index contributed by atoms with van der Waals surface area (Å²) in [4.78, 5) is 6.10. The highest BCUT2D eigenvalue weighted by atomic mass is 35.5. The van der Waals surface area contributed by atoms with Crippen molar-refractivity contribution >= 4 is 17.3 Å². The van der Waals surface area contributed by atoms with Crippen molar-refractivity contribution in [3.63, 3.8) is 0 Å². The molecule has 0 aliphatic carbocycles. The van der Waals surface area contributed by atoms with Gasteiger partial charge in [0.05, 0.1) is 11.9 Å². The van der Waals surface area contributed by atoms with Crippen LogP contribution in [0.3, 0.4) is 0 Å². The third-order valence-electron chi connectivity index (χ3n) is 3.56. The number of fused-ring (bicyclic) bond motifs is 1. The fourth-order valence-corrected chi connectivity index (χ4v) is 2.84. The first-order valence-electron chi connectivity index (χ1n) is 5.54. The molecule has 0 aromatic carbocycles.